The smallest absolute Gasteiger partial charge is 0.290 e. The highest BCUT2D eigenvalue weighted by molar-refractivity contribution is 6.15. The molecule has 3 heterocycles. The van der Waals surface area contributed by atoms with Crippen LogP contribution in [0.2, 0.25) is 0 Å². The van der Waals surface area contributed by atoms with Crippen molar-refractivity contribution < 1.29 is 23.5 Å². The standard InChI is InChI=1S/C23H23NO5/c1-3-4-7-12-24-20(17-11-10-14(2)28-17)19(22(26)23(24)27)21(25)18-13-15-8-5-6-9-16(15)29-18/h5-6,8-11,13,20,26H,3-4,7,12H2,1-2H3. The summed E-state index contributed by atoms with van der Waals surface area (Å²) in [4.78, 5) is 27.6. The van der Waals surface area contributed by atoms with E-state index in [1.54, 1.807) is 31.2 Å². The fraction of sp³-hybridized carbons (Fsp3) is 0.304. The van der Waals surface area contributed by atoms with Crippen LogP contribution in [0.4, 0.5) is 0 Å². The Bertz CT molecular complexity index is 1070. The molecule has 0 bridgehead atoms. The minimum absolute atomic E-state index is 0.0000883. The number of aliphatic hydroxyl groups is 1. The number of rotatable bonds is 7. The first-order valence-corrected chi connectivity index (χ1v) is 9.85. The third-order valence-corrected chi connectivity index (χ3v) is 5.23. The van der Waals surface area contributed by atoms with Gasteiger partial charge in [0.05, 0.1) is 5.57 Å². The van der Waals surface area contributed by atoms with Crippen molar-refractivity contribution >= 4 is 22.7 Å². The predicted molar refractivity (Wildman–Crippen MR) is 108 cm³/mol. The molecule has 1 atom stereocenters. The number of nitrogens with zero attached hydrogens (tertiary/aromatic N) is 1. The Morgan fingerprint density at radius 1 is 1.14 bits per heavy atom. The molecule has 150 valence electrons. The lowest BCUT2D eigenvalue weighted by molar-refractivity contribution is -0.129. The fourth-order valence-electron chi connectivity index (χ4n) is 3.77. The number of aliphatic hydroxyl groups excluding tert-OH is 1. The molecule has 3 aromatic rings. The molecule has 1 aliphatic rings. The molecule has 0 aliphatic carbocycles. The maximum absolute atomic E-state index is 13.3. The van der Waals surface area contributed by atoms with Gasteiger partial charge in [-0.1, -0.05) is 38.0 Å². The van der Waals surface area contributed by atoms with Gasteiger partial charge in [-0.2, -0.15) is 0 Å². The number of hydrogen-bond donors (Lipinski definition) is 1. The van der Waals surface area contributed by atoms with E-state index in [0.717, 1.165) is 24.6 Å². The Morgan fingerprint density at radius 2 is 1.93 bits per heavy atom. The normalized spacial score (nSPS) is 17.0. The van der Waals surface area contributed by atoms with E-state index in [1.807, 2.05) is 18.2 Å². The Kier molecular flexibility index (Phi) is 5.01. The number of amides is 1. The van der Waals surface area contributed by atoms with Crippen LogP contribution in [0, 0.1) is 6.92 Å². The van der Waals surface area contributed by atoms with E-state index < -0.39 is 23.5 Å². The van der Waals surface area contributed by atoms with Crippen LogP contribution in [-0.4, -0.2) is 28.2 Å². The number of benzene rings is 1. The van der Waals surface area contributed by atoms with E-state index in [0.29, 0.717) is 23.6 Å². The molecular weight excluding hydrogens is 370 g/mol. The highest BCUT2D eigenvalue weighted by Crippen LogP contribution is 2.40. The van der Waals surface area contributed by atoms with Crippen molar-refractivity contribution in [3.8, 4) is 0 Å². The van der Waals surface area contributed by atoms with Crippen molar-refractivity contribution in [2.75, 3.05) is 6.54 Å². The van der Waals surface area contributed by atoms with Gasteiger partial charge in [-0.15, -0.1) is 0 Å². The van der Waals surface area contributed by atoms with Gasteiger partial charge < -0.3 is 18.8 Å². The van der Waals surface area contributed by atoms with Gasteiger partial charge in [-0.3, -0.25) is 9.59 Å². The third kappa shape index (κ3) is 3.35. The van der Waals surface area contributed by atoms with Gasteiger partial charge in [-0.25, -0.2) is 0 Å². The van der Waals surface area contributed by atoms with Gasteiger partial charge in [0, 0.05) is 11.9 Å². The topological polar surface area (TPSA) is 83.9 Å². The number of carbonyl (C=O) groups excluding carboxylic acids is 2. The molecule has 0 fully saturated rings. The molecule has 1 unspecified atom stereocenters. The van der Waals surface area contributed by atoms with Gasteiger partial charge >= 0.3 is 0 Å². The maximum Gasteiger partial charge on any atom is 0.290 e. The average Bonchev–Trinajstić information content (AvgIpc) is 3.40. The summed E-state index contributed by atoms with van der Waals surface area (Å²) < 4.78 is 11.4. The van der Waals surface area contributed by atoms with Crippen molar-refractivity contribution in [1.82, 2.24) is 4.90 Å². The van der Waals surface area contributed by atoms with Crippen LogP contribution in [-0.2, 0) is 4.79 Å². The van der Waals surface area contributed by atoms with E-state index >= 15 is 0 Å². The highest BCUT2D eigenvalue weighted by Gasteiger charge is 2.45. The van der Waals surface area contributed by atoms with Gasteiger partial charge in [0.1, 0.15) is 23.1 Å². The van der Waals surface area contributed by atoms with Crippen LogP contribution < -0.4 is 0 Å². The minimum Gasteiger partial charge on any atom is -0.503 e. The molecule has 2 aromatic heterocycles. The van der Waals surface area contributed by atoms with Crippen LogP contribution >= 0.6 is 0 Å². The number of ketones is 1. The Balaban J connectivity index is 1.75. The number of carbonyl (C=O) groups is 2. The van der Waals surface area contributed by atoms with Gasteiger partial charge in [-0.05, 0) is 37.6 Å². The molecule has 1 aromatic carbocycles. The maximum atomic E-state index is 13.3. The molecule has 4 rings (SSSR count). The summed E-state index contributed by atoms with van der Waals surface area (Å²) >= 11 is 0. The SMILES string of the molecule is CCCCCN1C(=O)C(O)=C(C(=O)c2cc3ccccc3o2)C1c1ccc(C)o1. The summed E-state index contributed by atoms with van der Waals surface area (Å²) in [5.41, 5.74) is 0.574. The van der Waals surface area contributed by atoms with E-state index in [1.165, 1.54) is 4.90 Å². The summed E-state index contributed by atoms with van der Waals surface area (Å²) in [5.74, 6) is -0.391. The summed E-state index contributed by atoms with van der Waals surface area (Å²) in [5, 5.41) is 11.4. The Morgan fingerprint density at radius 3 is 2.62 bits per heavy atom. The van der Waals surface area contributed by atoms with E-state index in [2.05, 4.69) is 6.92 Å². The zero-order valence-corrected chi connectivity index (χ0v) is 16.5. The van der Waals surface area contributed by atoms with Crippen molar-refractivity contribution in [2.45, 2.75) is 39.2 Å². The van der Waals surface area contributed by atoms with E-state index in [9.17, 15) is 14.7 Å². The molecule has 0 spiro atoms. The van der Waals surface area contributed by atoms with Crippen molar-refractivity contribution in [2.24, 2.45) is 0 Å². The number of unbranched alkanes of at least 4 members (excludes halogenated alkanes) is 2. The number of Topliss-reactive ketones (excluding diaryl/α,β-unsaturated/α-hetero) is 1. The molecule has 29 heavy (non-hydrogen) atoms. The fourth-order valence-corrected chi connectivity index (χ4v) is 3.77. The van der Waals surface area contributed by atoms with Crippen LogP contribution in [0.3, 0.4) is 0 Å². The van der Waals surface area contributed by atoms with Gasteiger partial charge in [0.15, 0.2) is 11.5 Å². The molecule has 0 saturated heterocycles. The zero-order valence-electron chi connectivity index (χ0n) is 16.5. The summed E-state index contributed by atoms with van der Waals surface area (Å²) in [6.45, 7) is 4.30. The first-order valence-electron chi connectivity index (χ1n) is 9.85. The molecule has 1 amide bonds. The summed E-state index contributed by atoms with van der Waals surface area (Å²) in [6, 6.07) is 11.7. The number of furan rings is 2. The lowest BCUT2D eigenvalue weighted by Crippen LogP contribution is -2.31. The average molecular weight is 393 g/mol. The number of hydrogen-bond acceptors (Lipinski definition) is 5. The van der Waals surface area contributed by atoms with Crippen LogP contribution in [0.25, 0.3) is 11.0 Å². The zero-order chi connectivity index (χ0) is 20.5. The first-order chi connectivity index (χ1) is 14.0. The Labute approximate surface area is 168 Å². The quantitative estimate of drug-likeness (QED) is 0.446. The molecule has 6 heteroatoms. The van der Waals surface area contributed by atoms with Gasteiger partial charge in [0.25, 0.3) is 5.91 Å². The van der Waals surface area contributed by atoms with Crippen LogP contribution in [0.5, 0.6) is 0 Å². The second kappa shape index (κ2) is 7.62. The minimum atomic E-state index is -0.770. The lowest BCUT2D eigenvalue weighted by Gasteiger charge is -2.24. The van der Waals surface area contributed by atoms with E-state index in [-0.39, 0.29) is 11.3 Å². The van der Waals surface area contributed by atoms with Crippen molar-refractivity contribution in [3.05, 3.63) is 71.1 Å². The first kappa shape index (κ1) is 19.1. The lowest BCUT2D eigenvalue weighted by atomic mass is 9.99. The molecule has 0 saturated carbocycles. The largest absolute Gasteiger partial charge is 0.503 e. The van der Waals surface area contributed by atoms with Crippen LogP contribution in [0.15, 0.2) is 62.6 Å². The van der Waals surface area contributed by atoms with Crippen LogP contribution in [0.1, 0.15) is 54.3 Å². The Hall–Kier alpha value is -3.28. The van der Waals surface area contributed by atoms with Crippen molar-refractivity contribution in [3.63, 3.8) is 0 Å². The van der Waals surface area contributed by atoms with E-state index in [4.69, 9.17) is 8.83 Å². The second-order valence-corrected chi connectivity index (χ2v) is 7.30. The van der Waals surface area contributed by atoms with Crippen molar-refractivity contribution in [1.29, 1.82) is 0 Å². The molecule has 1 N–H and O–H groups in total. The molecule has 1 aliphatic heterocycles. The predicted octanol–water partition coefficient (Wildman–Crippen LogP) is 5.10. The number of fused-ring (bicyclic) bond motifs is 1. The third-order valence-electron chi connectivity index (χ3n) is 5.23. The molecular formula is C23H23NO5. The van der Waals surface area contributed by atoms with Gasteiger partial charge in [0.2, 0.25) is 5.78 Å². The summed E-state index contributed by atoms with van der Waals surface area (Å²) in [7, 11) is 0. The molecule has 6 nitrogen and oxygen atoms in total. The number of aryl methyl sites for hydroxylation is 1. The second-order valence-electron chi connectivity index (χ2n) is 7.30. The summed E-state index contributed by atoms with van der Waals surface area (Å²) in [6.07, 6.45) is 2.72. The monoisotopic (exact) mass is 393 g/mol. The highest BCUT2D eigenvalue weighted by atomic mass is 16.4. The molecule has 0 radical (unpaired) electrons. The number of para-hydroxylation sites is 1.